The molecule has 0 bridgehead atoms. The number of rotatable bonds is 6. The second-order valence-corrected chi connectivity index (χ2v) is 5.86. The fraction of sp³-hybridized carbons (Fsp3) is 0.316. The van der Waals surface area contributed by atoms with E-state index in [4.69, 9.17) is 4.74 Å². The lowest BCUT2D eigenvalue weighted by Crippen LogP contribution is -2.29. The SMILES string of the molecule is Cc1cccc(O[C@H](Cc2ccc(C(C)C)cc2)C(=O)O)c1. The Labute approximate surface area is 131 Å². The number of benzene rings is 2. The quantitative estimate of drug-likeness (QED) is 0.869. The third-order valence-electron chi connectivity index (χ3n) is 3.61. The van der Waals surface area contributed by atoms with Crippen molar-refractivity contribution in [1.82, 2.24) is 0 Å². The minimum absolute atomic E-state index is 0.349. The van der Waals surface area contributed by atoms with Crippen molar-refractivity contribution in [2.75, 3.05) is 0 Å². The highest BCUT2D eigenvalue weighted by atomic mass is 16.5. The second kappa shape index (κ2) is 7.12. The molecular weight excluding hydrogens is 276 g/mol. The molecule has 2 aromatic rings. The van der Waals surface area contributed by atoms with E-state index < -0.39 is 12.1 Å². The lowest BCUT2D eigenvalue weighted by atomic mass is 10.00. The monoisotopic (exact) mass is 298 g/mol. The summed E-state index contributed by atoms with van der Waals surface area (Å²) in [5.74, 6) is 0.105. The van der Waals surface area contributed by atoms with E-state index in [9.17, 15) is 9.90 Å². The van der Waals surface area contributed by atoms with E-state index in [1.54, 1.807) is 6.07 Å². The van der Waals surface area contributed by atoms with Crippen molar-refractivity contribution < 1.29 is 14.6 Å². The number of aryl methyl sites for hydroxylation is 1. The van der Waals surface area contributed by atoms with Gasteiger partial charge in [0.15, 0.2) is 6.10 Å². The predicted molar refractivity (Wildman–Crippen MR) is 87.5 cm³/mol. The van der Waals surface area contributed by atoms with E-state index in [-0.39, 0.29) is 0 Å². The summed E-state index contributed by atoms with van der Waals surface area (Å²) in [7, 11) is 0. The Kier molecular flexibility index (Phi) is 5.21. The maximum Gasteiger partial charge on any atom is 0.345 e. The molecule has 0 fully saturated rings. The minimum atomic E-state index is -0.950. The van der Waals surface area contributed by atoms with Crippen LogP contribution >= 0.6 is 0 Å². The third kappa shape index (κ3) is 4.35. The van der Waals surface area contributed by atoms with Gasteiger partial charge in [-0.3, -0.25) is 0 Å². The van der Waals surface area contributed by atoms with Crippen LogP contribution in [-0.2, 0) is 11.2 Å². The predicted octanol–water partition coefficient (Wildman–Crippen LogP) is 4.19. The molecular formula is C19H22O3. The lowest BCUT2D eigenvalue weighted by Gasteiger charge is -2.16. The topological polar surface area (TPSA) is 46.5 Å². The summed E-state index contributed by atoms with van der Waals surface area (Å²) >= 11 is 0. The smallest absolute Gasteiger partial charge is 0.345 e. The summed E-state index contributed by atoms with van der Waals surface area (Å²) in [6, 6.07) is 15.5. The summed E-state index contributed by atoms with van der Waals surface area (Å²) in [6.07, 6.45) is -0.534. The highest BCUT2D eigenvalue weighted by Crippen LogP contribution is 2.18. The van der Waals surface area contributed by atoms with Gasteiger partial charge in [0, 0.05) is 6.42 Å². The van der Waals surface area contributed by atoms with Crippen molar-refractivity contribution in [2.24, 2.45) is 0 Å². The van der Waals surface area contributed by atoms with Gasteiger partial charge in [0.05, 0.1) is 0 Å². The van der Waals surface area contributed by atoms with Gasteiger partial charge in [-0.2, -0.15) is 0 Å². The van der Waals surface area contributed by atoms with Gasteiger partial charge in [0.2, 0.25) is 0 Å². The molecule has 22 heavy (non-hydrogen) atoms. The number of aliphatic carboxylic acids is 1. The zero-order chi connectivity index (χ0) is 16.1. The molecule has 0 saturated heterocycles. The Morgan fingerprint density at radius 1 is 1.14 bits per heavy atom. The van der Waals surface area contributed by atoms with Crippen molar-refractivity contribution in [3.05, 3.63) is 65.2 Å². The molecule has 0 aromatic heterocycles. The Morgan fingerprint density at radius 3 is 2.36 bits per heavy atom. The first-order valence-corrected chi connectivity index (χ1v) is 7.50. The first kappa shape index (κ1) is 16.1. The van der Waals surface area contributed by atoms with E-state index in [1.165, 1.54) is 5.56 Å². The fourth-order valence-corrected chi connectivity index (χ4v) is 2.29. The third-order valence-corrected chi connectivity index (χ3v) is 3.61. The summed E-state index contributed by atoms with van der Waals surface area (Å²) in [4.78, 5) is 11.4. The molecule has 0 amide bonds. The van der Waals surface area contributed by atoms with E-state index in [2.05, 4.69) is 13.8 Å². The van der Waals surface area contributed by atoms with Gasteiger partial charge >= 0.3 is 5.97 Å². The van der Waals surface area contributed by atoms with Crippen molar-refractivity contribution in [3.8, 4) is 5.75 Å². The number of hydrogen-bond acceptors (Lipinski definition) is 2. The Morgan fingerprint density at radius 2 is 1.82 bits per heavy atom. The molecule has 2 rings (SSSR count). The molecule has 0 unspecified atom stereocenters. The number of ether oxygens (including phenoxy) is 1. The normalized spacial score (nSPS) is 12.2. The number of carboxylic acids is 1. The average Bonchev–Trinajstić information content (AvgIpc) is 2.47. The molecule has 0 radical (unpaired) electrons. The maximum absolute atomic E-state index is 11.4. The van der Waals surface area contributed by atoms with Crippen LogP contribution in [0, 0.1) is 6.92 Å². The van der Waals surface area contributed by atoms with Crippen LogP contribution < -0.4 is 4.74 Å². The summed E-state index contributed by atoms with van der Waals surface area (Å²) in [5, 5.41) is 9.38. The molecule has 0 saturated carbocycles. The average molecular weight is 298 g/mol. The fourth-order valence-electron chi connectivity index (χ4n) is 2.29. The molecule has 0 aliphatic rings. The van der Waals surface area contributed by atoms with Crippen molar-refractivity contribution in [2.45, 2.75) is 39.2 Å². The first-order chi connectivity index (χ1) is 10.5. The van der Waals surface area contributed by atoms with Crippen LogP contribution in [0.15, 0.2) is 48.5 Å². The van der Waals surface area contributed by atoms with E-state index in [0.717, 1.165) is 11.1 Å². The van der Waals surface area contributed by atoms with Crippen molar-refractivity contribution in [1.29, 1.82) is 0 Å². The van der Waals surface area contributed by atoms with E-state index in [1.807, 2.05) is 49.4 Å². The highest BCUT2D eigenvalue weighted by Gasteiger charge is 2.20. The minimum Gasteiger partial charge on any atom is -0.478 e. The molecule has 0 aliphatic carbocycles. The number of hydrogen-bond donors (Lipinski definition) is 1. The molecule has 116 valence electrons. The van der Waals surface area contributed by atoms with Crippen LogP contribution in [0.2, 0.25) is 0 Å². The van der Waals surface area contributed by atoms with Crippen LogP contribution in [0.3, 0.4) is 0 Å². The molecule has 3 nitrogen and oxygen atoms in total. The zero-order valence-corrected chi connectivity index (χ0v) is 13.2. The van der Waals surface area contributed by atoms with Crippen LogP contribution in [0.25, 0.3) is 0 Å². The second-order valence-electron chi connectivity index (χ2n) is 5.86. The molecule has 0 spiro atoms. The van der Waals surface area contributed by atoms with Crippen LogP contribution in [0.4, 0.5) is 0 Å². The standard InChI is InChI=1S/C19H22O3/c1-13(2)16-9-7-15(8-10-16)12-18(19(20)21)22-17-6-4-5-14(3)11-17/h4-11,13,18H,12H2,1-3H3,(H,20,21)/t18-/m1/s1. The van der Waals surface area contributed by atoms with Crippen molar-refractivity contribution >= 4 is 5.97 Å². The van der Waals surface area contributed by atoms with Gasteiger partial charge in [-0.05, 0) is 41.7 Å². The molecule has 0 heterocycles. The van der Waals surface area contributed by atoms with Gasteiger partial charge < -0.3 is 9.84 Å². The van der Waals surface area contributed by atoms with Gasteiger partial charge in [-0.15, -0.1) is 0 Å². The van der Waals surface area contributed by atoms with E-state index in [0.29, 0.717) is 18.1 Å². The van der Waals surface area contributed by atoms with Crippen LogP contribution in [0.5, 0.6) is 5.75 Å². The molecule has 0 aliphatic heterocycles. The summed E-state index contributed by atoms with van der Waals surface area (Å²) < 4.78 is 5.64. The Hall–Kier alpha value is -2.29. The Balaban J connectivity index is 2.10. The van der Waals surface area contributed by atoms with E-state index >= 15 is 0 Å². The Bertz CT molecular complexity index is 629. The molecule has 1 N–H and O–H groups in total. The first-order valence-electron chi connectivity index (χ1n) is 7.50. The van der Waals surface area contributed by atoms with Gasteiger partial charge in [-0.1, -0.05) is 50.2 Å². The zero-order valence-electron chi connectivity index (χ0n) is 13.2. The van der Waals surface area contributed by atoms with Crippen LogP contribution in [0.1, 0.15) is 36.5 Å². The van der Waals surface area contributed by atoms with Gasteiger partial charge in [0.25, 0.3) is 0 Å². The van der Waals surface area contributed by atoms with Crippen LogP contribution in [-0.4, -0.2) is 17.2 Å². The molecule has 3 heteroatoms. The summed E-state index contributed by atoms with van der Waals surface area (Å²) in [5.41, 5.74) is 3.25. The molecule has 2 aromatic carbocycles. The highest BCUT2D eigenvalue weighted by molar-refractivity contribution is 5.73. The summed E-state index contributed by atoms with van der Waals surface area (Å²) in [6.45, 7) is 6.22. The van der Waals surface area contributed by atoms with Gasteiger partial charge in [0.1, 0.15) is 5.75 Å². The molecule has 1 atom stereocenters. The largest absolute Gasteiger partial charge is 0.478 e. The van der Waals surface area contributed by atoms with Crippen molar-refractivity contribution in [3.63, 3.8) is 0 Å². The lowest BCUT2D eigenvalue weighted by molar-refractivity contribution is -0.145. The number of carboxylic acid groups (broad SMARTS) is 1. The maximum atomic E-state index is 11.4. The number of carbonyl (C=O) groups is 1. The van der Waals surface area contributed by atoms with Gasteiger partial charge in [-0.25, -0.2) is 4.79 Å².